The summed E-state index contributed by atoms with van der Waals surface area (Å²) in [5.74, 6) is 1.20. The summed E-state index contributed by atoms with van der Waals surface area (Å²) in [6, 6.07) is 12.3. The summed E-state index contributed by atoms with van der Waals surface area (Å²) in [5.41, 5.74) is 2.36. The fourth-order valence-corrected chi connectivity index (χ4v) is 2.81. The Balaban J connectivity index is 1.83. The zero-order chi connectivity index (χ0) is 13.2. The van der Waals surface area contributed by atoms with Crippen LogP contribution in [0.4, 0.5) is 0 Å². The number of aryl methyl sites for hydroxylation is 1. The molecule has 1 aliphatic heterocycles. The first-order valence-electron chi connectivity index (χ1n) is 6.61. The van der Waals surface area contributed by atoms with Crippen LogP contribution in [0, 0.1) is 6.92 Å². The average Bonchev–Trinajstić information content (AvgIpc) is 2.97. The number of hydrogen-bond donors (Lipinski definition) is 1. The maximum Gasteiger partial charge on any atom is 0.221 e. The van der Waals surface area contributed by atoms with Crippen LogP contribution in [0.2, 0.25) is 0 Å². The monoisotopic (exact) mass is 255 g/mol. The summed E-state index contributed by atoms with van der Waals surface area (Å²) < 4.78 is 5.57. The molecule has 1 saturated heterocycles. The van der Waals surface area contributed by atoms with Crippen molar-refractivity contribution in [1.29, 1.82) is 0 Å². The number of hydrogen-bond acceptors (Lipinski definition) is 2. The van der Waals surface area contributed by atoms with Crippen LogP contribution in [0.1, 0.15) is 29.2 Å². The van der Waals surface area contributed by atoms with Gasteiger partial charge in [0, 0.05) is 18.4 Å². The van der Waals surface area contributed by atoms with Crippen LogP contribution >= 0.6 is 0 Å². The van der Waals surface area contributed by atoms with Gasteiger partial charge >= 0.3 is 0 Å². The third kappa shape index (κ3) is 2.41. The van der Waals surface area contributed by atoms with Crippen molar-refractivity contribution in [2.24, 2.45) is 0 Å². The first-order valence-corrected chi connectivity index (χ1v) is 6.61. The second kappa shape index (κ2) is 4.92. The van der Waals surface area contributed by atoms with Crippen LogP contribution in [-0.4, -0.2) is 11.9 Å². The molecular formula is C16H17NO2. The summed E-state index contributed by atoms with van der Waals surface area (Å²) in [6.45, 7) is 2.03. The van der Waals surface area contributed by atoms with Gasteiger partial charge in [0.2, 0.25) is 5.91 Å². The number of amides is 1. The van der Waals surface area contributed by atoms with Gasteiger partial charge in [-0.15, -0.1) is 0 Å². The third-order valence-electron chi connectivity index (χ3n) is 3.77. The van der Waals surface area contributed by atoms with Gasteiger partial charge < -0.3 is 9.73 Å². The molecule has 3 heteroatoms. The molecule has 1 amide bonds. The van der Waals surface area contributed by atoms with Crippen molar-refractivity contribution in [2.45, 2.75) is 31.7 Å². The smallest absolute Gasteiger partial charge is 0.221 e. The fraction of sp³-hybridized carbons (Fsp3) is 0.312. The molecule has 1 N–H and O–H groups in total. The quantitative estimate of drug-likeness (QED) is 0.916. The van der Waals surface area contributed by atoms with E-state index in [0.29, 0.717) is 6.42 Å². The van der Waals surface area contributed by atoms with Crippen molar-refractivity contribution < 1.29 is 9.21 Å². The van der Waals surface area contributed by atoms with Crippen molar-refractivity contribution in [3.05, 3.63) is 59.5 Å². The van der Waals surface area contributed by atoms with E-state index in [1.165, 1.54) is 5.56 Å². The number of rotatable bonds is 3. The van der Waals surface area contributed by atoms with Crippen LogP contribution in [0.3, 0.4) is 0 Å². The minimum Gasteiger partial charge on any atom is -0.469 e. The lowest BCUT2D eigenvalue weighted by atomic mass is 9.91. The highest BCUT2D eigenvalue weighted by atomic mass is 16.3. The van der Waals surface area contributed by atoms with Gasteiger partial charge in [-0.25, -0.2) is 0 Å². The molecular weight excluding hydrogens is 238 g/mol. The van der Waals surface area contributed by atoms with Gasteiger partial charge in [0.05, 0.1) is 6.26 Å². The van der Waals surface area contributed by atoms with Gasteiger partial charge in [-0.3, -0.25) is 4.79 Å². The number of furan rings is 1. The first kappa shape index (κ1) is 12.0. The van der Waals surface area contributed by atoms with E-state index in [0.717, 1.165) is 17.7 Å². The maximum atomic E-state index is 11.7. The molecule has 1 aromatic heterocycles. The van der Waals surface area contributed by atoms with Crippen LogP contribution in [-0.2, 0) is 11.2 Å². The number of carbonyl (C=O) groups is 1. The standard InChI is InChI=1S/C16H17NO2/c1-11-7-8-19-16(11)13-10-15(18)17-14(13)9-12-5-3-2-4-6-12/h2-8,13-14H,9-10H2,1H3,(H,17,18). The second-order valence-corrected chi connectivity index (χ2v) is 5.14. The average molecular weight is 255 g/mol. The number of carbonyl (C=O) groups excluding carboxylic acids is 1. The molecule has 1 aliphatic rings. The van der Waals surface area contributed by atoms with Crippen molar-refractivity contribution in [1.82, 2.24) is 5.32 Å². The Kier molecular flexibility index (Phi) is 3.11. The van der Waals surface area contributed by atoms with Gasteiger partial charge in [-0.2, -0.15) is 0 Å². The topological polar surface area (TPSA) is 42.2 Å². The van der Waals surface area contributed by atoms with E-state index >= 15 is 0 Å². The number of nitrogens with one attached hydrogen (secondary N) is 1. The van der Waals surface area contributed by atoms with Gasteiger partial charge in [0.1, 0.15) is 5.76 Å². The van der Waals surface area contributed by atoms with E-state index in [-0.39, 0.29) is 17.9 Å². The molecule has 0 spiro atoms. The molecule has 0 saturated carbocycles. The molecule has 19 heavy (non-hydrogen) atoms. The molecule has 3 nitrogen and oxygen atoms in total. The summed E-state index contributed by atoms with van der Waals surface area (Å²) in [7, 11) is 0. The van der Waals surface area contributed by atoms with Gasteiger partial charge in [-0.05, 0) is 30.5 Å². The SMILES string of the molecule is Cc1ccoc1C1CC(=O)NC1Cc1ccccc1. The fourth-order valence-electron chi connectivity index (χ4n) is 2.81. The summed E-state index contributed by atoms with van der Waals surface area (Å²) in [4.78, 5) is 11.7. The van der Waals surface area contributed by atoms with Crippen LogP contribution < -0.4 is 5.32 Å². The molecule has 0 bridgehead atoms. The largest absolute Gasteiger partial charge is 0.469 e. The predicted molar refractivity (Wildman–Crippen MR) is 72.9 cm³/mol. The van der Waals surface area contributed by atoms with Gasteiger partial charge in [0.15, 0.2) is 0 Å². The van der Waals surface area contributed by atoms with E-state index in [1.54, 1.807) is 6.26 Å². The molecule has 98 valence electrons. The Morgan fingerprint density at radius 1 is 1.26 bits per heavy atom. The lowest BCUT2D eigenvalue weighted by molar-refractivity contribution is -0.119. The highest BCUT2D eigenvalue weighted by Gasteiger charge is 2.36. The predicted octanol–water partition coefficient (Wildman–Crippen LogP) is 2.80. The third-order valence-corrected chi connectivity index (χ3v) is 3.77. The van der Waals surface area contributed by atoms with E-state index in [9.17, 15) is 4.79 Å². The van der Waals surface area contributed by atoms with Crippen molar-refractivity contribution >= 4 is 5.91 Å². The van der Waals surface area contributed by atoms with E-state index in [4.69, 9.17) is 4.42 Å². The summed E-state index contributed by atoms with van der Waals surface area (Å²) >= 11 is 0. The van der Waals surface area contributed by atoms with Crippen LogP contribution in [0.25, 0.3) is 0 Å². The first-order chi connectivity index (χ1) is 9.24. The van der Waals surface area contributed by atoms with Crippen molar-refractivity contribution in [3.63, 3.8) is 0 Å². The second-order valence-electron chi connectivity index (χ2n) is 5.14. The van der Waals surface area contributed by atoms with E-state index < -0.39 is 0 Å². The number of benzene rings is 1. The normalized spacial score (nSPS) is 22.5. The minimum absolute atomic E-state index is 0.113. The zero-order valence-electron chi connectivity index (χ0n) is 10.9. The zero-order valence-corrected chi connectivity index (χ0v) is 10.9. The molecule has 0 aliphatic carbocycles. The van der Waals surface area contributed by atoms with E-state index in [2.05, 4.69) is 17.4 Å². The highest BCUT2D eigenvalue weighted by molar-refractivity contribution is 5.80. The summed E-state index contributed by atoms with van der Waals surface area (Å²) in [5, 5.41) is 3.07. The molecule has 2 heterocycles. The molecule has 1 aromatic carbocycles. The Morgan fingerprint density at radius 2 is 2.05 bits per heavy atom. The van der Waals surface area contributed by atoms with Crippen LogP contribution in [0.15, 0.2) is 47.1 Å². The Morgan fingerprint density at radius 3 is 2.74 bits per heavy atom. The molecule has 2 atom stereocenters. The van der Waals surface area contributed by atoms with Crippen LogP contribution in [0.5, 0.6) is 0 Å². The minimum atomic E-state index is 0.113. The Bertz CT molecular complexity index is 573. The molecule has 2 aromatic rings. The molecule has 3 rings (SSSR count). The van der Waals surface area contributed by atoms with Crippen molar-refractivity contribution in [3.8, 4) is 0 Å². The molecule has 0 radical (unpaired) electrons. The highest BCUT2D eigenvalue weighted by Crippen LogP contribution is 2.32. The Labute approximate surface area is 112 Å². The van der Waals surface area contributed by atoms with Gasteiger partial charge in [-0.1, -0.05) is 30.3 Å². The lowest BCUT2D eigenvalue weighted by Gasteiger charge is -2.17. The van der Waals surface area contributed by atoms with Crippen molar-refractivity contribution in [2.75, 3.05) is 0 Å². The van der Waals surface area contributed by atoms with E-state index in [1.807, 2.05) is 31.2 Å². The molecule has 2 unspecified atom stereocenters. The van der Waals surface area contributed by atoms with Gasteiger partial charge in [0.25, 0.3) is 0 Å². The lowest BCUT2D eigenvalue weighted by Crippen LogP contribution is -2.30. The Hall–Kier alpha value is -2.03. The maximum absolute atomic E-state index is 11.7. The summed E-state index contributed by atoms with van der Waals surface area (Å²) in [6.07, 6.45) is 3.07. The molecule has 1 fully saturated rings.